The molecule has 0 spiro atoms. The average molecular weight is 489 g/mol. The van der Waals surface area contributed by atoms with Crippen LogP contribution in [0.25, 0.3) is 0 Å². The van der Waals surface area contributed by atoms with Gasteiger partial charge in [0.05, 0.1) is 24.4 Å². The van der Waals surface area contributed by atoms with Crippen molar-refractivity contribution in [3.63, 3.8) is 0 Å². The van der Waals surface area contributed by atoms with Gasteiger partial charge in [-0.2, -0.15) is 0 Å². The number of aliphatic hydroxyl groups is 1. The van der Waals surface area contributed by atoms with Crippen molar-refractivity contribution in [2.24, 2.45) is 39.9 Å². The van der Waals surface area contributed by atoms with Gasteiger partial charge in [-0.25, -0.2) is 0 Å². The highest BCUT2D eigenvalue weighted by molar-refractivity contribution is 5.69. The van der Waals surface area contributed by atoms with Crippen LogP contribution in [0.2, 0.25) is 0 Å². The molecule has 3 saturated carbocycles. The van der Waals surface area contributed by atoms with Crippen molar-refractivity contribution in [2.45, 2.75) is 130 Å². The van der Waals surface area contributed by atoms with Gasteiger partial charge in [0.25, 0.3) is 0 Å². The Morgan fingerprint density at radius 2 is 1.60 bits per heavy atom. The third kappa shape index (κ3) is 4.04. The molecule has 0 aromatic heterocycles. The summed E-state index contributed by atoms with van der Waals surface area (Å²) in [4.78, 5) is 12.2. The molecule has 0 aromatic rings. The Hall–Kier alpha value is -0.870. The molecule has 0 amide bonds. The third-order valence-corrected chi connectivity index (χ3v) is 12.4. The fourth-order valence-electron chi connectivity index (χ4n) is 10.2. The van der Waals surface area contributed by atoms with E-state index in [0.29, 0.717) is 30.1 Å². The Bertz CT molecular complexity index is 849. The molecule has 0 radical (unpaired) electrons. The van der Waals surface area contributed by atoms with Gasteiger partial charge in [0.15, 0.2) is 0 Å². The molecule has 0 bridgehead atoms. The summed E-state index contributed by atoms with van der Waals surface area (Å²) in [6, 6.07) is 0. The number of carbonyl (C=O) groups excluding carboxylic acids is 1. The van der Waals surface area contributed by atoms with Gasteiger partial charge in [0, 0.05) is 6.42 Å². The molecule has 35 heavy (non-hydrogen) atoms. The minimum Gasteiger partial charge on any atom is -0.469 e. The number of fused-ring (bicyclic) bond motifs is 3. The summed E-state index contributed by atoms with van der Waals surface area (Å²) >= 11 is 0. The second-order valence-electron chi connectivity index (χ2n) is 14.3. The number of esters is 1. The molecule has 1 N–H and O–H groups in total. The number of ether oxygens (including phenoxy) is 2. The van der Waals surface area contributed by atoms with Crippen molar-refractivity contribution in [1.29, 1.82) is 0 Å². The number of hydrogen-bond acceptors (Lipinski definition) is 4. The summed E-state index contributed by atoms with van der Waals surface area (Å²) < 4.78 is 11.8. The predicted octanol–water partition coefficient (Wildman–Crippen LogP) is 7.09. The molecule has 4 rings (SSSR count). The Labute approximate surface area is 214 Å². The SMILES string of the molecule is C=C(C)[C@@H]1CC[C@]2(C)[C@H](CC[C@@H]3[C@@H]([C@]4(C)CC[C@H](O)C(C)(C)O4)CC[C@]32C)[C@@]1(C)CCC(=O)OC. The van der Waals surface area contributed by atoms with Crippen molar-refractivity contribution in [1.82, 2.24) is 0 Å². The van der Waals surface area contributed by atoms with Gasteiger partial charge in [-0.05, 0) is 125 Å². The van der Waals surface area contributed by atoms with Crippen molar-refractivity contribution in [3.05, 3.63) is 12.2 Å². The number of rotatable bonds is 5. The van der Waals surface area contributed by atoms with Crippen LogP contribution in [-0.2, 0) is 14.3 Å². The number of hydrogen-bond donors (Lipinski definition) is 1. The van der Waals surface area contributed by atoms with E-state index in [4.69, 9.17) is 9.47 Å². The summed E-state index contributed by atoms with van der Waals surface area (Å²) in [5.74, 6) is 2.13. The van der Waals surface area contributed by atoms with E-state index in [1.807, 2.05) is 0 Å². The Kier molecular flexibility index (Phi) is 6.88. The monoisotopic (exact) mass is 488 g/mol. The molecule has 1 saturated heterocycles. The maximum Gasteiger partial charge on any atom is 0.305 e. The molecule has 0 unspecified atom stereocenters. The molecule has 4 heteroatoms. The minimum atomic E-state index is -0.487. The van der Waals surface area contributed by atoms with E-state index in [-0.39, 0.29) is 33.9 Å². The van der Waals surface area contributed by atoms with Crippen molar-refractivity contribution in [2.75, 3.05) is 7.11 Å². The first-order chi connectivity index (χ1) is 16.1. The van der Waals surface area contributed by atoms with E-state index < -0.39 is 5.60 Å². The lowest BCUT2D eigenvalue weighted by atomic mass is 9.38. The third-order valence-electron chi connectivity index (χ3n) is 12.4. The van der Waals surface area contributed by atoms with Gasteiger partial charge < -0.3 is 14.6 Å². The Balaban J connectivity index is 1.66. The van der Waals surface area contributed by atoms with Crippen molar-refractivity contribution < 1.29 is 19.4 Å². The van der Waals surface area contributed by atoms with Gasteiger partial charge in [-0.3, -0.25) is 4.79 Å². The summed E-state index contributed by atoms with van der Waals surface area (Å²) in [6.07, 6.45) is 10.1. The first-order valence-corrected chi connectivity index (χ1v) is 14.2. The molecule has 4 aliphatic rings. The number of aliphatic hydroxyl groups excluding tert-OH is 1. The predicted molar refractivity (Wildman–Crippen MR) is 141 cm³/mol. The van der Waals surface area contributed by atoms with Crippen LogP contribution < -0.4 is 0 Å². The van der Waals surface area contributed by atoms with Crippen LogP contribution in [0.3, 0.4) is 0 Å². The van der Waals surface area contributed by atoms with E-state index in [0.717, 1.165) is 19.3 Å². The van der Waals surface area contributed by atoms with E-state index in [1.54, 1.807) is 0 Å². The second kappa shape index (κ2) is 8.86. The standard InChI is InChI=1S/C31H52O4/c1-20(2)21-12-18-30(7)24(28(21,5)16-15-26(33)34-9)11-10-22-23(13-17-29(22,30)6)31(8)19-14-25(32)27(3,4)35-31/h21-25,32H,1,10-19H2,2-9H3/t21-,22+,23-,24+,25-,28-,29+,30+,31-/m0/s1. The number of allylic oxidation sites excluding steroid dienone is 1. The zero-order chi connectivity index (χ0) is 26.0. The second-order valence-corrected chi connectivity index (χ2v) is 14.3. The molecule has 1 heterocycles. The lowest BCUT2D eigenvalue weighted by molar-refractivity contribution is -0.246. The molecule has 4 nitrogen and oxygen atoms in total. The highest BCUT2D eigenvalue weighted by Crippen LogP contribution is 2.74. The summed E-state index contributed by atoms with van der Waals surface area (Å²) in [5, 5.41) is 10.6. The van der Waals surface area contributed by atoms with Crippen LogP contribution in [0.4, 0.5) is 0 Å². The lowest BCUT2D eigenvalue weighted by Crippen LogP contribution is -2.61. The topological polar surface area (TPSA) is 55.8 Å². The summed E-state index contributed by atoms with van der Waals surface area (Å²) in [5.41, 5.74) is 1.19. The van der Waals surface area contributed by atoms with Gasteiger partial charge in [-0.1, -0.05) is 32.9 Å². The average Bonchev–Trinajstić information content (AvgIpc) is 3.14. The minimum absolute atomic E-state index is 0.0659. The van der Waals surface area contributed by atoms with Crippen LogP contribution >= 0.6 is 0 Å². The quantitative estimate of drug-likeness (QED) is 0.331. The van der Waals surface area contributed by atoms with E-state index >= 15 is 0 Å². The largest absolute Gasteiger partial charge is 0.469 e. The lowest BCUT2D eigenvalue weighted by Gasteiger charge is -2.67. The molecular formula is C31H52O4. The maximum atomic E-state index is 12.2. The fraction of sp³-hybridized carbons (Fsp3) is 0.903. The van der Waals surface area contributed by atoms with Gasteiger partial charge in [0.1, 0.15) is 0 Å². The van der Waals surface area contributed by atoms with Crippen LogP contribution in [0.15, 0.2) is 12.2 Å². The summed E-state index contributed by atoms with van der Waals surface area (Å²) in [6.45, 7) is 20.7. The van der Waals surface area contributed by atoms with E-state index in [2.05, 4.69) is 55.0 Å². The molecular weight excluding hydrogens is 436 g/mol. The van der Waals surface area contributed by atoms with E-state index in [9.17, 15) is 9.90 Å². The number of methoxy groups -OCH3 is 1. The zero-order valence-electron chi connectivity index (χ0n) is 23.8. The first-order valence-electron chi connectivity index (χ1n) is 14.2. The smallest absolute Gasteiger partial charge is 0.305 e. The van der Waals surface area contributed by atoms with Crippen molar-refractivity contribution in [3.8, 4) is 0 Å². The van der Waals surface area contributed by atoms with Gasteiger partial charge >= 0.3 is 5.97 Å². The van der Waals surface area contributed by atoms with Gasteiger partial charge in [0.2, 0.25) is 0 Å². The van der Waals surface area contributed by atoms with Crippen LogP contribution in [0, 0.1) is 39.9 Å². The van der Waals surface area contributed by atoms with E-state index in [1.165, 1.54) is 51.2 Å². The molecule has 9 atom stereocenters. The fourth-order valence-corrected chi connectivity index (χ4v) is 10.2. The zero-order valence-corrected chi connectivity index (χ0v) is 23.8. The Morgan fingerprint density at radius 1 is 0.943 bits per heavy atom. The maximum absolute atomic E-state index is 12.2. The molecule has 0 aromatic carbocycles. The molecule has 3 aliphatic carbocycles. The summed E-state index contributed by atoms with van der Waals surface area (Å²) in [7, 11) is 1.50. The van der Waals surface area contributed by atoms with Gasteiger partial charge in [-0.15, -0.1) is 0 Å². The number of carbonyl (C=O) groups is 1. The first kappa shape index (κ1) is 27.2. The highest BCUT2D eigenvalue weighted by atomic mass is 16.5. The molecule has 1 aliphatic heterocycles. The molecule has 4 fully saturated rings. The Morgan fingerprint density at radius 3 is 2.20 bits per heavy atom. The normalized spacial score (nSPS) is 49.1. The van der Waals surface area contributed by atoms with Crippen LogP contribution in [0.1, 0.15) is 113 Å². The van der Waals surface area contributed by atoms with Crippen molar-refractivity contribution >= 4 is 5.97 Å². The van der Waals surface area contributed by atoms with Crippen LogP contribution in [0.5, 0.6) is 0 Å². The van der Waals surface area contributed by atoms with Crippen LogP contribution in [-0.4, -0.2) is 35.5 Å². The molecule has 200 valence electrons. The highest BCUT2D eigenvalue weighted by Gasteiger charge is 2.68.